The summed E-state index contributed by atoms with van der Waals surface area (Å²) in [6.45, 7) is 8.24. The molecule has 12 heavy (non-hydrogen) atoms. The summed E-state index contributed by atoms with van der Waals surface area (Å²) in [4.78, 5) is 0. The van der Waals surface area contributed by atoms with E-state index in [9.17, 15) is 0 Å². The van der Waals surface area contributed by atoms with E-state index < -0.39 is 0 Å². The van der Waals surface area contributed by atoms with Gasteiger partial charge >= 0.3 is 0 Å². The molecule has 1 aliphatic rings. The van der Waals surface area contributed by atoms with Crippen LogP contribution in [0.1, 0.15) is 46.5 Å². The van der Waals surface area contributed by atoms with E-state index in [1.165, 1.54) is 32.2 Å². The molecule has 3 unspecified atom stereocenters. The lowest BCUT2D eigenvalue weighted by molar-refractivity contribution is 0.369. The Morgan fingerprint density at radius 2 is 2.00 bits per heavy atom. The van der Waals surface area contributed by atoms with Crippen LogP contribution in [-0.4, -0.2) is 12.6 Å². The molecule has 3 atom stereocenters. The van der Waals surface area contributed by atoms with Crippen LogP contribution < -0.4 is 5.32 Å². The second kappa shape index (κ2) is 4.86. The molecule has 1 saturated carbocycles. The number of nitrogens with one attached hydrogen (secondary N) is 1. The zero-order valence-corrected chi connectivity index (χ0v) is 8.77. The van der Waals surface area contributed by atoms with Crippen molar-refractivity contribution in [1.82, 2.24) is 5.32 Å². The van der Waals surface area contributed by atoms with Crippen molar-refractivity contribution in [2.75, 3.05) is 6.54 Å². The Morgan fingerprint density at radius 1 is 1.25 bits per heavy atom. The zero-order valence-electron chi connectivity index (χ0n) is 8.77. The van der Waals surface area contributed by atoms with E-state index in [0.29, 0.717) is 0 Å². The molecule has 0 amide bonds. The highest BCUT2D eigenvalue weighted by Gasteiger charge is 2.28. The minimum absolute atomic E-state index is 0.812. The molecule has 1 aliphatic carbocycles. The molecule has 0 saturated heterocycles. The van der Waals surface area contributed by atoms with Gasteiger partial charge in [-0.3, -0.25) is 0 Å². The third-order valence-corrected chi connectivity index (χ3v) is 3.40. The molecule has 1 fully saturated rings. The first-order valence-electron chi connectivity index (χ1n) is 5.49. The largest absolute Gasteiger partial charge is 0.314 e. The minimum Gasteiger partial charge on any atom is -0.314 e. The zero-order chi connectivity index (χ0) is 8.97. The van der Waals surface area contributed by atoms with Crippen molar-refractivity contribution in [1.29, 1.82) is 0 Å². The van der Waals surface area contributed by atoms with E-state index in [1.807, 2.05) is 0 Å². The van der Waals surface area contributed by atoms with Gasteiger partial charge in [0.05, 0.1) is 0 Å². The Morgan fingerprint density at radius 3 is 2.50 bits per heavy atom. The quantitative estimate of drug-likeness (QED) is 0.638. The summed E-state index contributed by atoms with van der Waals surface area (Å²) >= 11 is 0. The van der Waals surface area contributed by atoms with Crippen molar-refractivity contribution in [3.63, 3.8) is 0 Å². The molecule has 1 N–H and O–H groups in total. The van der Waals surface area contributed by atoms with Gasteiger partial charge in [0.25, 0.3) is 0 Å². The summed E-state index contributed by atoms with van der Waals surface area (Å²) in [5, 5.41) is 3.66. The highest BCUT2D eigenvalue weighted by atomic mass is 14.9. The monoisotopic (exact) mass is 169 g/mol. The van der Waals surface area contributed by atoms with E-state index >= 15 is 0 Å². The van der Waals surface area contributed by atoms with E-state index in [4.69, 9.17) is 0 Å². The van der Waals surface area contributed by atoms with Gasteiger partial charge in [-0.1, -0.05) is 27.2 Å². The molecular formula is C11H23N. The fourth-order valence-corrected chi connectivity index (χ4v) is 2.12. The van der Waals surface area contributed by atoms with Crippen LogP contribution in [0.5, 0.6) is 0 Å². The van der Waals surface area contributed by atoms with Gasteiger partial charge in [-0.05, 0) is 37.6 Å². The van der Waals surface area contributed by atoms with E-state index in [0.717, 1.165) is 17.9 Å². The highest BCUT2D eigenvalue weighted by molar-refractivity contribution is 4.84. The van der Waals surface area contributed by atoms with Crippen molar-refractivity contribution in [2.45, 2.75) is 52.5 Å². The Balaban J connectivity index is 2.16. The molecule has 1 nitrogen and oxygen atoms in total. The number of hydrogen-bond acceptors (Lipinski definition) is 1. The summed E-state index contributed by atoms with van der Waals surface area (Å²) in [6.07, 6.45) is 5.46. The topological polar surface area (TPSA) is 12.0 Å². The van der Waals surface area contributed by atoms with Gasteiger partial charge in [0, 0.05) is 6.04 Å². The first-order valence-corrected chi connectivity index (χ1v) is 5.49. The molecule has 1 rings (SSSR count). The predicted octanol–water partition coefficient (Wildman–Crippen LogP) is 2.81. The van der Waals surface area contributed by atoms with E-state index in [2.05, 4.69) is 26.1 Å². The predicted molar refractivity (Wildman–Crippen MR) is 54.3 cm³/mol. The van der Waals surface area contributed by atoms with Crippen LogP contribution in [0.3, 0.4) is 0 Å². The Hall–Kier alpha value is -0.0400. The lowest BCUT2D eigenvalue weighted by Crippen LogP contribution is -2.32. The third kappa shape index (κ3) is 2.48. The highest BCUT2D eigenvalue weighted by Crippen LogP contribution is 2.30. The van der Waals surface area contributed by atoms with Crippen molar-refractivity contribution >= 4 is 0 Å². The molecule has 0 radical (unpaired) electrons. The molecule has 0 aromatic carbocycles. The maximum atomic E-state index is 3.66. The van der Waals surface area contributed by atoms with Crippen LogP contribution >= 0.6 is 0 Å². The van der Waals surface area contributed by atoms with Crippen LogP contribution in [0.4, 0.5) is 0 Å². The van der Waals surface area contributed by atoms with Gasteiger partial charge in [0.15, 0.2) is 0 Å². The number of unbranched alkanes of at least 4 members (excludes halogenated alkanes) is 1. The lowest BCUT2D eigenvalue weighted by atomic mass is 9.98. The molecule has 0 spiro atoms. The average molecular weight is 169 g/mol. The molecule has 0 aliphatic heterocycles. The van der Waals surface area contributed by atoms with Crippen LogP contribution in [-0.2, 0) is 0 Å². The lowest BCUT2D eigenvalue weighted by Gasteiger charge is -2.19. The second-order valence-electron chi connectivity index (χ2n) is 4.33. The third-order valence-electron chi connectivity index (χ3n) is 3.40. The summed E-state index contributed by atoms with van der Waals surface area (Å²) in [7, 11) is 0. The summed E-state index contributed by atoms with van der Waals surface area (Å²) < 4.78 is 0. The fraction of sp³-hybridized carbons (Fsp3) is 1.00. The second-order valence-corrected chi connectivity index (χ2v) is 4.33. The first-order chi connectivity index (χ1) is 5.75. The first kappa shape index (κ1) is 10.0. The molecule has 0 bridgehead atoms. The summed E-state index contributed by atoms with van der Waals surface area (Å²) in [5.41, 5.74) is 0. The SMILES string of the molecule is CCCCNC1CCC(C)C1C. The van der Waals surface area contributed by atoms with Crippen molar-refractivity contribution < 1.29 is 0 Å². The molecule has 72 valence electrons. The Bertz CT molecular complexity index is 122. The van der Waals surface area contributed by atoms with Gasteiger partial charge in [-0.15, -0.1) is 0 Å². The molecule has 1 heteroatoms. The van der Waals surface area contributed by atoms with E-state index in [1.54, 1.807) is 0 Å². The van der Waals surface area contributed by atoms with Gasteiger partial charge in [-0.25, -0.2) is 0 Å². The Labute approximate surface area is 76.9 Å². The van der Waals surface area contributed by atoms with Gasteiger partial charge < -0.3 is 5.32 Å². The summed E-state index contributed by atoms with van der Waals surface area (Å²) in [5.74, 6) is 1.82. The van der Waals surface area contributed by atoms with Crippen molar-refractivity contribution in [2.24, 2.45) is 11.8 Å². The maximum Gasteiger partial charge on any atom is 0.00953 e. The molecule has 0 aromatic rings. The Kier molecular flexibility index (Phi) is 4.07. The van der Waals surface area contributed by atoms with Crippen molar-refractivity contribution in [3.8, 4) is 0 Å². The molecule has 0 aromatic heterocycles. The van der Waals surface area contributed by atoms with Gasteiger partial charge in [0.1, 0.15) is 0 Å². The normalized spacial score (nSPS) is 35.8. The minimum atomic E-state index is 0.812. The smallest absolute Gasteiger partial charge is 0.00953 e. The van der Waals surface area contributed by atoms with Crippen LogP contribution in [0.25, 0.3) is 0 Å². The van der Waals surface area contributed by atoms with E-state index in [-0.39, 0.29) is 0 Å². The van der Waals surface area contributed by atoms with Crippen molar-refractivity contribution in [3.05, 3.63) is 0 Å². The van der Waals surface area contributed by atoms with Gasteiger partial charge in [-0.2, -0.15) is 0 Å². The van der Waals surface area contributed by atoms with Gasteiger partial charge in [0.2, 0.25) is 0 Å². The number of hydrogen-bond donors (Lipinski definition) is 1. The van der Waals surface area contributed by atoms with Crippen LogP contribution in [0.2, 0.25) is 0 Å². The van der Waals surface area contributed by atoms with Crippen LogP contribution in [0, 0.1) is 11.8 Å². The fourth-order valence-electron chi connectivity index (χ4n) is 2.12. The summed E-state index contributed by atoms with van der Waals surface area (Å²) in [6, 6.07) is 0.812. The average Bonchev–Trinajstić information content (AvgIpc) is 2.36. The number of rotatable bonds is 4. The molecule has 0 heterocycles. The van der Waals surface area contributed by atoms with Crippen LogP contribution in [0.15, 0.2) is 0 Å². The maximum absolute atomic E-state index is 3.66. The molecular weight excluding hydrogens is 146 g/mol. The standard InChI is InChI=1S/C11H23N/c1-4-5-8-12-11-7-6-9(2)10(11)3/h9-12H,4-8H2,1-3H3.